The lowest BCUT2D eigenvalue weighted by Crippen LogP contribution is -2.14. The SMILES string of the molecule is NC(=O)c1cc(-c2ccnc(Nc3ccccc3)n2)ccc1OCC1CC1. The van der Waals surface area contributed by atoms with Crippen LogP contribution in [0.4, 0.5) is 11.6 Å². The van der Waals surface area contributed by atoms with Gasteiger partial charge in [0.1, 0.15) is 5.75 Å². The Hall–Kier alpha value is -3.41. The van der Waals surface area contributed by atoms with Gasteiger partial charge in [-0.15, -0.1) is 0 Å². The van der Waals surface area contributed by atoms with Crippen LogP contribution in [-0.4, -0.2) is 22.5 Å². The van der Waals surface area contributed by atoms with Crippen molar-refractivity contribution in [3.05, 3.63) is 66.4 Å². The van der Waals surface area contributed by atoms with E-state index in [-0.39, 0.29) is 0 Å². The van der Waals surface area contributed by atoms with Crippen LogP contribution in [0.25, 0.3) is 11.3 Å². The van der Waals surface area contributed by atoms with Gasteiger partial charge in [0.15, 0.2) is 0 Å². The van der Waals surface area contributed by atoms with Gasteiger partial charge < -0.3 is 15.8 Å². The standard InChI is InChI=1S/C21H20N4O2/c22-20(26)17-12-15(8-9-19(17)27-13-14-6-7-14)18-10-11-23-21(25-18)24-16-4-2-1-3-5-16/h1-5,8-12,14H,6-7,13H2,(H2,22,26)(H,23,24,25). The number of hydrogen-bond donors (Lipinski definition) is 2. The molecule has 6 nitrogen and oxygen atoms in total. The lowest BCUT2D eigenvalue weighted by atomic mass is 10.1. The van der Waals surface area contributed by atoms with E-state index >= 15 is 0 Å². The molecule has 1 aliphatic rings. The molecule has 0 unspecified atom stereocenters. The molecule has 1 amide bonds. The minimum absolute atomic E-state index is 0.365. The van der Waals surface area contributed by atoms with Crippen LogP contribution in [0.1, 0.15) is 23.2 Å². The van der Waals surface area contributed by atoms with Gasteiger partial charge in [0.25, 0.3) is 5.91 Å². The van der Waals surface area contributed by atoms with Gasteiger partial charge in [0, 0.05) is 17.4 Å². The number of nitrogens with two attached hydrogens (primary N) is 1. The number of carbonyl (C=O) groups excluding carboxylic acids is 1. The van der Waals surface area contributed by atoms with Gasteiger partial charge in [0.05, 0.1) is 17.9 Å². The van der Waals surface area contributed by atoms with Crippen LogP contribution in [0.15, 0.2) is 60.8 Å². The largest absolute Gasteiger partial charge is 0.492 e. The van der Waals surface area contributed by atoms with Crippen molar-refractivity contribution in [3.63, 3.8) is 0 Å². The van der Waals surface area contributed by atoms with Crippen LogP contribution in [0.3, 0.4) is 0 Å². The van der Waals surface area contributed by atoms with Crippen molar-refractivity contribution in [1.29, 1.82) is 0 Å². The quantitative estimate of drug-likeness (QED) is 0.669. The van der Waals surface area contributed by atoms with E-state index in [9.17, 15) is 4.79 Å². The van der Waals surface area contributed by atoms with E-state index in [1.807, 2.05) is 36.4 Å². The second-order valence-corrected chi connectivity index (χ2v) is 6.59. The van der Waals surface area contributed by atoms with E-state index in [4.69, 9.17) is 10.5 Å². The smallest absolute Gasteiger partial charge is 0.252 e. The molecule has 0 radical (unpaired) electrons. The first-order valence-corrected chi connectivity index (χ1v) is 8.91. The third-order valence-corrected chi connectivity index (χ3v) is 4.40. The Balaban J connectivity index is 1.59. The minimum Gasteiger partial charge on any atom is -0.492 e. The summed E-state index contributed by atoms with van der Waals surface area (Å²) in [5.41, 5.74) is 8.29. The van der Waals surface area contributed by atoms with Gasteiger partial charge in [-0.05, 0) is 55.2 Å². The van der Waals surface area contributed by atoms with Gasteiger partial charge in [-0.3, -0.25) is 4.79 Å². The van der Waals surface area contributed by atoms with Crippen molar-refractivity contribution in [2.75, 3.05) is 11.9 Å². The molecular formula is C21H20N4O2. The maximum atomic E-state index is 11.9. The third kappa shape index (κ3) is 4.23. The van der Waals surface area contributed by atoms with Crippen LogP contribution in [0.5, 0.6) is 5.75 Å². The number of anilines is 2. The number of carbonyl (C=O) groups is 1. The van der Waals surface area contributed by atoms with Crippen LogP contribution in [0.2, 0.25) is 0 Å². The molecule has 0 bridgehead atoms. The van der Waals surface area contributed by atoms with Gasteiger partial charge in [0.2, 0.25) is 5.95 Å². The van der Waals surface area contributed by atoms with Crippen LogP contribution in [-0.2, 0) is 0 Å². The van der Waals surface area contributed by atoms with Crippen molar-refractivity contribution in [1.82, 2.24) is 9.97 Å². The number of nitrogens with one attached hydrogen (secondary N) is 1. The first-order valence-electron chi connectivity index (χ1n) is 8.91. The molecule has 1 saturated carbocycles. The molecule has 6 heteroatoms. The molecule has 3 aromatic rings. The highest BCUT2D eigenvalue weighted by atomic mass is 16.5. The second-order valence-electron chi connectivity index (χ2n) is 6.59. The lowest BCUT2D eigenvalue weighted by molar-refractivity contribution is 0.0996. The molecule has 27 heavy (non-hydrogen) atoms. The summed E-state index contributed by atoms with van der Waals surface area (Å²) in [6.45, 7) is 0.623. The normalized spacial score (nSPS) is 13.2. The number of amides is 1. The predicted molar refractivity (Wildman–Crippen MR) is 104 cm³/mol. The monoisotopic (exact) mass is 360 g/mol. The molecule has 1 heterocycles. The number of hydrogen-bond acceptors (Lipinski definition) is 5. The summed E-state index contributed by atoms with van der Waals surface area (Å²) in [7, 11) is 0. The molecule has 0 atom stereocenters. The van der Waals surface area contributed by atoms with Gasteiger partial charge in [-0.2, -0.15) is 0 Å². The average Bonchev–Trinajstić information content (AvgIpc) is 3.52. The zero-order valence-corrected chi connectivity index (χ0v) is 14.8. The maximum Gasteiger partial charge on any atom is 0.252 e. The summed E-state index contributed by atoms with van der Waals surface area (Å²) < 4.78 is 5.77. The summed E-state index contributed by atoms with van der Waals surface area (Å²) in [5.74, 6) is 1.08. The van der Waals surface area contributed by atoms with E-state index in [2.05, 4.69) is 15.3 Å². The Morgan fingerprint density at radius 2 is 1.96 bits per heavy atom. The Morgan fingerprint density at radius 1 is 1.15 bits per heavy atom. The predicted octanol–water partition coefficient (Wildman–Crippen LogP) is 3.77. The molecule has 1 fully saturated rings. The first-order chi connectivity index (χ1) is 13.2. The summed E-state index contributed by atoms with van der Waals surface area (Å²) in [4.78, 5) is 20.7. The molecular weight excluding hydrogens is 340 g/mol. The van der Waals surface area contributed by atoms with Crippen molar-refractivity contribution >= 4 is 17.5 Å². The van der Waals surface area contributed by atoms with Crippen molar-refractivity contribution < 1.29 is 9.53 Å². The van der Waals surface area contributed by atoms with E-state index < -0.39 is 5.91 Å². The highest BCUT2D eigenvalue weighted by molar-refractivity contribution is 5.97. The maximum absolute atomic E-state index is 11.9. The zero-order chi connectivity index (χ0) is 18.6. The molecule has 1 aromatic heterocycles. The zero-order valence-electron chi connectivity index (χ0n) is 14.8. The highest BCUT2D eigenvalue weighted by Gasteiger charge is 2.23. The van der Waals surface area contributed by atoms with Crippen molar-refractivity contribution in [3.8, 4) is 17.0 Å². The Morgan fingerprint density at radius 3 is 2.70 bits per heavy atom. The minimum atomic E-state index is -0.515. The van der Waals surface area contributed by atoms with Gasteiger partial charge in [-0.25, -0.2) is 9.97 Å². The summed E-state index contributed by atoms with van der Waals surface area (Å²) >= 11 is 0. The van der Waals surface area contributed by atoms with E-state index in [0.29, 0.717) is 35.5 Å². The number of nitrogens with zero attached hydrogens (tertiary/aromatic N) is 2. The van der Waals surface area contributed by atoms with Gasteiger partial charge >= 0.3 is 0 Å². The Bertz CT molecular complexity index is 955. The topological polar surface area (TPSA) is 90.1 Å². The number of rotatable bonds is 7. The molecule has 0 aliphatic heterocycles. The van der Waals surface area contributed by atoms with Crippen LogP contribution >= 0.6 is 0 Å². The molecule has 0 saturated heterocycles. The van der Waals surface area contributed by atoms with Gasteiger partial charge in [-0.1, -0.05) is 18.2 Å². The Labute approximate surface area is 157 Å². The molecule has 0 spiro atoms. The van der Waals surface area contributed by atoms with Crippen molar-refractivity contribution in [2.45, 2.75) is 12.8 Å². The van der Waals surface area contributed by atoms with E-state index in [0.717, 1.165) is 11.3 Å². The molecule has 1 aliphatic carbocycles. The number of aromatic nitrogens is 2. The summed E-state index contributed by atoms with van der Waals surface area (Å²) in [6.07, 6.45) is 4.04. The van der Waals surface area contributed by atoms with E-state index in [1.165, 1.54) is 12.8 Å². The third-order valence-electron chi connectivity index (χ3n) is 4.40. The lowest BCUT2D eigenvalue weighted by Gasteiger charge is -2.11. The molecule has 2 aromatic carbocycles. The Kier molecular flexibility index (Phi) is 4.70. The highest BCUT2D eigenvalue weighted by Crippen LogP contribution is 2.31. The number of ether oxygens (including phenoxy) is 1. The van der Waals surface area contributed by atoms with E-state index in [1.54, 1.807) is 24.4 Å². The fourth-order valence-corrected chi connectivity index (χ4v) is 2.73. The van der Waals surface area contributed by atoms with Crippen molar-refractivity contribution in [2.24, 2.45) is 11.7 Å². The summed E-state index contributed by atoms with van der Waals surface area (Å²) in [5, 5.41) is 3.16. The summed E-state index contributed by atoms with van der Waals surface area (Å²) in [6, 6.07) is 16.9. The fraction of sp³-hybridized carbons (Fsp3) is 0.190. The first kappa shape index (κ1) is 17.0. The second kappa shape index (κ2) is 7.45. The molecule has 4 rings (SSSR count). The number of benzene rings is 2. The molecule has 3 N–H and O–H groups in total. The fourth-order valence-electron chi connectivity index (χ4n) is 2.73. The number of para-hydroxylation sites is 1. The molecule has 136 valence electrons. The average molecular weight is 360 g/mol. The van der Waals surface area contributed by atoms with Crippen LogP contribution in [0, 0.1) is 5.92 Å². The van der Waals surface area contributed by atoms with Crippen LogP contribution < -0.4 is 15.8 Å². The number of primary amides is 1.